The molecule has 0 saturated carbocycles. The lowest BCUT2D eigenvalue weighted by molar-refractivity contribution is 1.39. The van der Waals surface area contributed by atoms with E-state index in [2.05, 4.69) is 0 Å². The molecule has 0 N–H and O–H groups in total. The van der Waals surface area contributed by atoms with Crippen molar-refractivity contribution in [1.29, 1.82) is 0 Å². The lowest BCUT2D eigenvalue weighted by Crippen LogP contribution is -2.16. The Morgan fingerprint density at radius 1 is 0.273 bits per heavy atom. The molecule has 0 aliphatic heterocycles. The molecule has 10 rings (SSSR count). The van der Waals surface area contributed by atoms with Gasteiger partial charge in [0, 0.05) is 53.9 Å². The predicted molar refractivity (Wildman–Crippen MR) is 174 cm³/mol. The summed E-state index contributed by atoms with van der Waals surface area (Å²) in [5, 5.41) is 5.79. The molecule has 2 aromatic heterocycles. The second kappa shape index (κ2) is 7.76. The summed E-state index contributed by atoms with van der Waals surface area (Å²) in [4.78, 5) is 73.5. The molecule has 8 aromatic carbocycles. The van der Waals surface area contributed by atoms with Crippen molar-refractivity contribution in [3.05, 3.63) is 126 Å². The Bertz CT molecular complexity index is 2780. The number of rotatable bonds is 0. The minimum Gasteiger partial charge on any atom is -0.287 e. The van der Waals surface area contributed by atoms with E-state index in [0.29, 0.717) is 43.6 Å². The molecule has 0 aliphatic carbocycles. The molecule has 10 aromatic rings. The first-order valence-electron chi connectivity index (χ1n) is 14.0. The van der Waals surface area contributed by atoms with Gasteiger partial charge in [-0.1, -0.05) is 84.9 Å². The van der Waals surface area contributed by atoms with Crippen molar-refractivity contribution in [2.75, 3.05) is 0 Å². The van der Waals surface area contributed by atoms with Crippen LogP contribution < -0.4 is 21.7 Å². The SMILES string of the molecule is O=c1c2ccccc2c(=O)c2nc3c4cccc5c6nc7c(=O)c8ccccc8c(=O)c7nc6c6cccc(c3nc12)c6c45. The number of hydrogen-bond acceptors (Lipinski definition) is 8. The largest absolute Gasteiger partial charge is 0.287 e. The molecule has 0 bridgehead atoms. The highest BCUT2D eigenvalue weighted by atomic mass is 16.1. The second-order valence-corrected chi connectivity index (χ2v) is 11.1. The van der Waals surface area contributed by atoms with Crippen molar-refractivity contribution < 1.29 is 0 Å². The van der Waals surface area contributed by atoms with Crippen LogP contribution in [0, 0.1) is 0 Å². The van der Waals surface area contributed by atoms with Crippen LogP contribution in [0.25, 0.3) is 98.0 Å². The van der Waals surface area contributed by atoms with Crippen molar-refractivity contribution >= 4 is 98.0 Å². The molecule has 0 spiro atoms. The molecule has 2 heterocycles. The zero-order valence-corrected chi connectivity index (χ0v) is 22.5. The smallest absolute Gasteiger partial charge is 0.214 e. The summed E-state index contributed by atoms with van der Waals surface area (Å²) in [7, 11) is 0. The van der Waals surface area contributed by atoms with Crippen LogP contribution in [-0.4, -0.2) is 19.9 Å². The Labute approximate surface area is 243 Å². The third-order valence-electron chi connectivity index (χ3n) is 8.88. The zero-order valence-electron chi connectivity index (χ0n) is 22.5. The van der Waals surface area contributed by atoms with E-state index in [4.69, 9.17) is 19.9 Å². The predicted octanol–water partition coefficient (Wildman–Crippen LogP) is 5.40. The topological polar surface area (TPSA) is 120 Å². The summed E-state index contributed by atoms with van der Waals surface area (Å²) >= 11 is 0. The summed E-state index contributed by atoms with van der Waals surface area (Å²) < 4.78 is 0. The zero-order chi connectivity index (χ0) is 29.4. The van der Waals surface area contributed by atoms with Crippen LogP contribution in [-0.2, 0) is 0 Å². The first-order valence-corrected chi connectivity index (χ1v) is 14.0. The fourth-order valence-electron chi connectivity index (χ4n) is 6.96. The van der Waals surface area contributed by atoms with Gasteiger partial charge in [0.15, 0.2) is 0 Å². The Kier molecular flexibility index (Phi) is 4.11. The highest BCUT2D eigenvalue weighted by molar-refractivity contribution is 6.38. The van der Waals surface area contributed by atoms with E-state index >= 15 is 0 Å². The van der Waals surface area contributed by atoms with Crippen molar-refractivity contribution in [3.8, 4) is 0 Å². The molecule has 44 heavy (non-hydrogen) atoms. The molecule has 0 atom stereocenters. The third-order valence-corrected chi connectivity index (χ3v) is 8.88. The maximum Gasteiger partial charge on any atom is 0.214 e. The maximum atomic E-state index is 13.5. The maximum absolute atomic E-state index is 13.5. The number of fused-ring (bicyclic) bond motifs is 10. The van der Waals surface area contributed by atoms with Crippen LogP contribution in [0.2, 0.25) is 0 Å². The van der Waals surface area contributed by atoms with Crippen molar-refractivity contribution in [1.82, 2.24) is 19.9 Å². The molecule has 8 heteroatoms. The van der Waals surface area contributed by atoms with Gasteiger partial charge >= 0.3 is 0 Å². The van der Waals surface area contributed by atoms with Gasteiger partial charge in [-0.25, -0.2) is 19.9 Å². The van der Waals surface area contributed by atoms with Gasteiger partial charge in [-0.3, -0.25) is 19.2 Å². The van der Waals surface area contributed by atoms with Crippen molar-refractivity contribution in [2.45, 2.75) is 0 Å². The van der Waals surface area contributed by atoms with Gasteiger partial charge in [0.2, 0.25) is 21.7 Å². The molecule has 0 radical (unpaired) electrons. The van der Waals surface area contributed by atoms with Crippen LogP contribution in [0.3, 0.4) is 0 Å². The quantitative estimate of drug-likeness (QED) is 0.177. The summed E-state index contributed by atoms with van der Waals surface area (Å²) in [5.74, 6) is 0. The average molecular weight is 567 g/mol. The van der Waals surface area contributed by atoms with Gasteiger partial charge in [0.1, 0.15) is 22.1 Å². The van der Waals surface area contributed by atoms with Gasteiger partial charge in [-0.05, 0) is 0 Å². The molecule has 0 unspecified atom stereocenters. The van der Waals surface area contributed by atoms with Gasteiger partial charge in [0.25, 0.3) is 0 Å². The molecule has 0 saturated heterocycles. The van der Waals surface area contributed by atoms with Gasteiger partial charge in [-0.15, -0.1) is 0 Å². The minimum atomic E-state index is -0.346. The normalized spacial score (nSPS) is 12.5. The first kappa shape index (κ1) is 23.3. The highest BCUT2D eigenvalue weighted by Gasteiger charge is 2.23. The number of aromatic nitrogens is 4. The summed E-state index contributed by atoms with van der Waals surface area (Å²) in [6.45, 7) is 0. The summed E-state index contributed by atoms with van der Waals surface area (Å²) in [6.07, 6.45) is 0. The molecule has 0 aliphatic rings. The van der Waals surface area contributed by atoms with Crippen LogP contribution in [0.15, 0.2) is 104 Å². The van der Waals surface area contributed by atoms with Crippen LogP contribution in [0.1, 0.15) is 0 Å². The highest BCUT2D eigenvalue weighted by Crippen LogP contribution is 2.43. The lowest BCUT2D eigenvalue weighted by Gasteiger charge is -2.16. The Hall–Kier alpha value is -6.28. The van der Waals surface area contributed by atoms with E-state index in [1.807, 2.05) is 36.4 Å². The van der Waals surface area contributed by atoms with Crippen LogP contribution >= 0.6 is 0 Å². The Balaban J connectivity index is 1.49. The molecule has 0 fully saturated rings. The van der Waals surface area contributed by atoms with Gasteiger partial charge < -0.3 is 0 Å². The van der Waals surface area contributed by atoms with Crippen LogP contribution in [0.4, 0.5) is 0 Å². The molecule has 0 amide bonds. The lowest BCUT2D eigenvalue weighted by atomic mass is 9.91. The molecular weight excluding hydrogens is 552 g/mol. The Morgan fingerprint density at radius 3 is 0.750 bits per heavy atom. The molecule has 202 valence electrons. The van der Waals surface area contributed by atoms with Gasteiger partial charge in [-0.2, -0.15) is 0 Å². The van der Waals surface area contributed by atoms with Gasteiger partial charge in [0.05, 0.1) is 22.1 Å². The monoisotopic (exact) mass is 566 g/mol. The van der Waals surface area contributed by atoms with E-state index in [1.165, 1.54) is 0 Å². The standard InChI is InChI=1S/C36H14N4O4/c41-33-15-7-1-2-8-16(15)34(42)30-29(33)37-25-19-11-5-13-21-23(19)24-20(26(25)38-30)12-6-14-22(24)28-27(21)39-31-32(40-28)36(44)18-10-4-3-9-17(18)35(31)43/h1-14H. The first-order chi connectivity index (χ1) is 21.5. The fourth-order valence-corrected chi connectivity index (χ4v) is 6.96. The molecular formula is C36H14N4O4. The average Bonchev–Trinajstić information content (AvgIpc) is 3.08. The minimum absolute atomic E-state index is 0.0255. The van der Waals surface area contributed by atoms with Crippen molar-refractivity contribution in [3.63, 3.8) is 0 Å². The Morgan fingerprint density at radius 2 is 0.500 bits per heavy atom. The summed E-state index contributed by atoms with van der Waals surface area (Å²) in [6, 6.07) is 24.7. The van der Waals surface area contributed by atoms with E-state index in [9.17, 15) is 19.2 Å². The summed E-state index contributed by atoms with van der Waals surface area (Å²) in [5.41, 5.74) is 0.663. The van der Waals surface area contributed by atoms with E-state index in [-0.39, 0.29) is 43.8 Å². The van der Waals surface area contributed by atoms with E-state index in [0.717, 1.165) is 32.3 Å². The number of nitrogens with zero attached hydrogens (tertiary/aromatic N) is 4. The van der Waals surface area contributed by atoms with E-state index in [1.54, 1.807) is 48.5 Å². The molecule has 8 nitrogen and oxygen atoms in total. The van der Waals surface area contributed by atoms with Crippen molar-refractivity contribution in [2.24, 2.45) is 0 Å². The number of benzene rings is 8. The fraction of sp³-hybridized carbons (Fsp3) is 0. The number of hydrogen-bond donors (Lipinski definition) is 0. The second-order valence-electron chi connectivity index (χ2n) is 11.1. The van der Waals surface area contributed by atoms with E-state index < -0.39 is 0 Å². The third kappa shape index (κ3) is 2.64. The van der Waals surface area contributed by atoms with Crippen LogP contribution in [0.5, 0.6) is 0 Å².